The number of carbonyl (C=O) groups excluding carboxylic acids is 2. The summed E-state index contributed by atoms with van der Waals surface area (Å²) in [5.41, 5.74) is 10.1. The van der Waals surface area contributed by atoms with Crippen LogP contribution < -0.4 is 22.1 Å². The Morgan fingerprint density at radius 1 is 0.731 bits per heavy atom. The second-order valence-corrected chi connectivity index (χ2v) is 6.96. The lowest BCUT2D eigenvalue weighted by Crippen LogP contribution is -2.61. The van der Waals surface area contributed by atoms with Gasteiger partial charge in [0.05, 0.1) is 11.1 Å². The molecule has 0 aromatic heterocycles. The van der Waals surface area contributed by atoms with Crippen LogP contribution in [0, 0.1) is 0 Å². The van der Waals surface area contributed by atoms with Crippen molar-refractivity contribution in [3.8, 4) is 0 Å². The van der Waals surface area contributed by atoms with Gasteiger partial charge in [-0.25, -0.2) is 9.59 Å². The fraction of sp³-hybridized carbons (Fsp3) is 0.857. The minimum Gasteiger partial charge on any atom is -0.412 e. The maximum Gasteiger partial charge on any atom is 0.315 e. The molecule has 0 saturated carbocycles. The van der Waals surface area contributed by atoms with Gasteiger partial charge in [-0.1, -0.05) is 0 Å². The third kappa shape index (κ3) is 8.60. The van der Waals surface area contributed by atoms with Gasteiger partial charge in [0.15, 0.2) is 0 Å². The molecule has 12 nitrogen and oxygen atoms in total. The predicted octanol–water partition coefficient (Wildman–Crippen LogP) is -3.80. The van der Waals surface area contributed by atoms with E-state index in [0.717, 1.165) is 26.2 Å². The van der Waals surface area contributed by atoms with Crippen molar-refractivity contribution in [2.45, 2.75) is 38.8 Å². The molecule has 2 fully saturated rings. The molecule has 0 atom stereocenters. The Kier molecular flexibility index (Phi) is 15.5. The number of piperazine rings is 2. The van der Waals surface area contributed by atoms with E-state index in [0.29, 0.717) is 13.1 Å². The van der Waals surface area contributed by atoms with Crippen LogP contribution in [-0.4, -0.2) is 94.1 Å². The van der Waals surface area contributed by atoms with Crippen molar-refractivity contribution in [1.82, 2.24) is 20.4 Å². The van der Waals surface area contributed by atoms with Crippen molar-refractivity contribution in [1.29, 1.82) is 0 Å². The fourth-order valence-electron chi connectivity index (χ4n) is 2.78. The molecule has 12 heteroatoms. The van der Waals surface area contributed by atoms with E-state index in [-0.39, 0.29) is 45.0 Å². The highest BCUT2D eigenvalue weighted by Gasteiger charge is 2.32. The van der Waals surface area contributed by atoms with Gasteiger partial charge in [0, 0.05) is 39.3 Å². The van der Waals surface area contributed by atoms with E-state index in [4.69, 9.17) is 11.5 Å². The van der Waals surface area contributed by atoms with Crippen molar-refractivity contribution < 1.29 is 31.5 Å². The summed E-state index contributed by atoms with van der Waals surface area (Å²) in [7, 11) is 0. The number of urea groups is 2. The Balaban J connectivity index is -0.000000161. The molecule has 14 N–H and O–H groups in total. The largest absolute Gasteiger partial charge is 0.412 e. The monoisotopic (exact) mass is 386 g/mol. The Labute approximate surface area is 154 Å². The Morgan fingerprint density at radius 3 is 1.15 bits per heavy atom. The van der Waals surface area contributed by atoms with Crippen LogP contribution in [0.5, 0.6) is 0 Å². The van der Waals surface area contributed by atoms with E-state index in [1.165, 1.54) is 0 Å². The number of amides is 4. The molecule has 4 amide bonds. The predicted molar refractivity (Wildman–Crippen MR) is 101 cm³/mol. The smallest absolute Gasteiger partial charge is 0.315 e. The highest BCUT2D eigenvalue weighted by atomic mass is 16.2. The summed E-state index contributed by atoms with van der Waals surface area (Å²) in [5.74, 6) is 0. The van der Waals surface area contributed by atoms with Crippen LogP contribution in [0.3, 0.4) is 0 Å². The lowest BCUT2D eigenvalue weighted by atomic mass is 10.0. The maximum atomic E-state index is 10.9. The van der Waals surface area contributed by atoms with Gasteiger partial charge in [0.1, 0.15) is 0 Å². The lowest BCUT2D eigenvalue weighted by Gasteiger charge is -2.41. The molecular formula is C14H38N6O6. The highest BCUT2D eigenvalue weighted by Crippen LogP contribution is 2.15. The second-order valence-electron chi connectivity index (χ2n) is 6.96. The zero-order valence-electron chi connectivity index (χ0n) is 16.1. The molecule has 2 heterocycles. The number of hydrogen-bond donors (Lipinski definition) is 4. The SMILES string of the molecule is CC1(C)CNCCN1C(N)=O.CC1(C)CNCCN1C(N)=O.O.O.O.O. The van der Waals surface area contributed by atoms with Gasteiger partial charge in [-0.15, -0.1) is 0 Å². The summed E-state index contributed by atoms with van der Waals surface area (Å²) >= 11 is 0. The van der Waals surface area contributed by atoms with Gasteiger partial charge in [0.2, 0.25) is 0 Å². The third-order valence-electron chi connectivity index (χ3n) is 4.13. The summed E-state index contributed by atoms with van der Waals surface area (Å²) in [6, 6.07) is -0.645. The topological polar surface area (TPSA) is 243 Å². The average Bonchev–Trinajstić information content (AvgIpc) is 2.37. The Bertz CT molecular complexity index is 383. The summed E-state index contributed by atoms with van der Waals surface area (Å²) in [4.78, 5) is 25.2. The van der Waals surface area contributed by atoms with E-state index >= 15 is 0 Å². The van der Waals surface area contributed by atoms with Crippen LogP contribution in [0.1, 0.15) is 27.7 Å². The number of carbonyl (C=O) groups is 2. The molecule has 0 spiro atoms. The third-order valence-corrected chi connectivity index (χ3v) is 4.13. The van der Waals surface area contributed by atoms with E-state index in [2.05, 4.69) is 10.6 Å². The van der Waals surface area contributed by atoms with Crippen LogP contribution >= 0.6 is 0 Å². The van der Waals surface area contributed by atoms with Gasteiger partial charge >= 0.3 is 12.1 Å². The van der Waals surface area contributed by atoms with Crippen molar-refractivity contribution >= 4 is 12.1 Å². The highest BCUT2D eigenvalue weighted by molar-refractivity contribution is 5.73. The van der Waals surface area contributed by atoms with Crippen LogP contribution in [-0.2, 0) is 0 Å². The van der Waals surface area contributed by atoms with E-state index < -0.39 is 0 Å². The van der Waals surface area contributed by atoms with Crippen molar-refractivity contribution in [3.63, 3.8) is 0 Å². The van der Waals surface area contributed by atoms with Gasteiger partial charge < -0.3 is 53.8 Å². The van der Waals surface area contributed by atoms with Crippen LogP contribution in [0.2, 0.25) is 0 Å². The van der Waals surface area contributed by atoms with Gasteiger partial charge in [-0.2, -0.15) is 0 Å². The zero-order chi connectivity index (χ0) is 17.0. The van der Waals surface area contributed by atoms with Crippen molar-refractivity contribution in [3.05, 3.63) is 0 Å². The van der Waals surface area contributed by atoms with Crippen molar-refractivity contribution in [2.24, 2.45) is 11.5 Å². The number of nitrogens with one attached hydrogen (secondary N) is 2. The number of primary amides is 2. The molecule has 26 heavy (non-hydrogen) atoms. The summed E-state index contributed by atoms with van der Waals surface area (Å²) in [5, 5.41) is 6.42. The van der Waals surface area contributed by atoms with Gasteiger partial charge in [-0.3, -0.25) is 0 Å². The Morgan fingerprint density at radius 2 is 1.00 bits per heavy atom. The number of nitrogens with two attached hydrogens (primary N) is 2. The minimum atomic E-state index is -0.323. The van der Waals surface area contributed by atoms with E-state index in [1.807, 2.05) is 27.7 Å². The minimum absolute atomic E-state index is 0. The molecule has 2 saturated heterocycles. The molecule has 2 aliphatic rings. The molecule has 0 bridgehead atoms. The van der Waals surface area contributed by atoms with E-state index in [1.54, 1.807) is 9.80 Å². The molecule has 160 valence electrons. The van der Waals surface area contributed by atoms with Gasteiger partial charge in [0.25, 0.3) is 0 Å². The lowest BCUT2D eigenvalue weighted by molar-refractivity contribution is 0.119. The molecule has 2 aliphatic heterocycles. The molecule has 0 aromatic carbocycles. The number of rotatable bonds is 0. The van der Waals surface area contributed by atoms with Gasteiger partial charge in [-0.05, 0) is 27.7 Å². The summed E-state index contributed by atoms with van der Waals surface area (Å²) < 4.78 is 0. The second kappa shape index (κ2) is 12.6. The molecule has 0 aliphatic carbocycles. The summed E-state index contributed by atoms with van der Waals surface area (Å²) in [6.07, 6.45) is 0. The molecule has 0 unspecified atom stereocenters. The van der Waals surface area contributed by atoms with Crippen LogP contribution in [0.15, 0.2) is 0 Å². The zero-order valence-corrected chi connectivity index (χ0v) is 16.1. The maximum absolute atomic E-state index is 10.9. The molecule has 0 aromatic rings. The number of hydrogen-bond acceptors (Lipinski definition) is 4. The fourth-order valence-corrected chi connectivity index (χ4v) is 2.78. The average molecular weight is 386 g/mol. The first-order valence-corrected chi connectivity index (χ1v) is 7.63. The first-order chi connectivity index (χ1) is 10.1. The van der Waals surface area contributed by atoms with Crippen molar-refractivity contribution in [2.75, 3.05) is 39.3 Å². The van der Waals surface area contributed by atoms with E-state index in [9.17, 15) is 9.59 Å². The molecular weight excluding hydrogens is 348 g/mol. The standard InChI is InChI=1S/2C7H15N3O.4H2O/c2*1-7(2)5-9-3-4-10(7)6(8)11;;;;/h2*9H,3-5H2,1-2H3,(H2,8,11);4*1H2. The normalized spacial score (nSPS) is 19.7. The number of nitrogens with zero attached hydrogens (tertiary/aromatic N) is 2. The molecule has 0 radical (unpaired) electrons. The van der Waals surface area contributed by atoms with Crippen LogP contribution in [0.4, 0.5) is 9.59 Å². The summed E-state index contributed by atoms with van der Waals surface area (Å²) in [6.45, 7) is 12.7. The quantitative estimate of drug-likeness (QED) is 0.327. The first-order valence-electron chi connectivity index (χ1n) is 7.63. The molecule has 2 rings (SSSR count). The first kappa shape index (κ1) is 32.0. The Hall–Kier alpha value is -1.70. The van der Waals surface area contributed by atoms with Crippen LogP contribution in [0.25, 0.3) is 0 Å².